The maximum atomic E-state index is 13.8. The molecule has 0 unspecified atom stereocenters. The van der Waals surface area contributed by atoms with Crippen LogP contribution in [0, 0.1) is 11.6 Å². The van der Waals surface area contributed by atoms with Crippen molar-refractivity contribution in [3.8, 4) is 5.75 Å². The first kappa shape index (κ1) is 16.4. The third-order valence-corrected chi connectivity index (χ3v) is 3.43. The molecule has 1 aromatic carbocycles. The number of hydrogen-bond acceptors (Lipinski definition) is 6. The molecular weight excluding hydrogens is 336 g/mol. The predicted octanol–water partition coefficient (Wildman–Crippen LogP) is 2.50. The van der Waals surface area contributed by atoms with Gasteiger partial charge in [0.15, 0.2) is 17.2 Å². The Bertz CT molecular complexity index is 973. The second-order valence-electron chi connectivity index (χ2n) is 4.97. The van der Waals surface area contributed by atoms with Crippen LogP contribution >= 0.6 is 0 Å². The van der Waals surface area contributed by atoms with Crippen molar-refractivity contribution in [2.24, 2.45) is 0 Å². The van der Waals surface area contributed by atoms with E-state index in [1.54, 1.807) is 7.05 Å². The van der Waals surface area contributed by atoms with Crippen LogP contribution in [0.25, 0.3) is 5.65 Å². The molecule has 0 aliphatic rings. The number of methoxy groups -OCH3 is 1. The van der Waals surface area contributed by atoms with Crippen molar-refractivity contribution in [2.45, 2.75) is 0 Å². The van der Waals surface area contributed by atoms with Crippen molar-refractivity contribution < 1.29 is 23.4 Å². The summed E-state index contributed by atoms with van der Waals surface area (Å²) in [6.07, 6.45) is 1.16. The molecule has 0 bridgehead atoms. The van der Waals surface area contributed by atoms with Crippen molar-refractivity contribution in [1.29, 1.82) is 0 Å². The summed E-state index contributed by atoms with van der Waals surface area (Å²) in [6, 6.07) is 3.24. The Morgan fingerprint density at radius 1 is 1.32 bits per heavy atom. The highest BCUT2D eigenvalue weighted by molar-refractivity contribution is 5.94. The number of carboxylic acids is 1. The molecule has 25 heavy (non-hydrogen) atoms. The van der Waals surface area contributed by atoms with Crippen molar-refractivity contribution in [3.05, 3.63) is 41.6 Å². The number of rotatable bonds is 5. The number of anilines is 3. The van der Waals surface area contributed by atoms with Gasteiger partial charge in [0, 0.05) is 25.2 Å². The molecular formula is C15H13F2N5O3. The van der Waals surface area contributed by atoms with Gasteiger partial charge in [-0.1, -0.05) is 0 Å². The number of carbonyl (C=O) groups is 1. The first-order valence-corrected chi connectivity index (χ1v) is 7.04. The summed E-state index contributed by atoms with van der Waals surface area (Å²) in [6.45, 7) is 0. The number of carboxylic acid groups (broad SMARTS) is 1. The monoisotopic (exact) mass is 349 g/mol. The van der Waals surface area contributed by atoms with Crippen LogP contribution in [-0.4, -0.2) is 39.8 Å². The Balaban J connectivity index is 2.14. The van der Waals surface area contributed by atoms with Gasteiger partial charge in [0.05, 0.1) is 19.0 Å². The molecule has 0 saturated carbocycles. The first-order chi connectivity index (χ1) is 11.9. The van der Waals surface area contributed by atoms with E-state index in [2.05, 4.69) is 20.7 Å². The number of ether oxygens (including phenoxy) is 1. The van der Waals surface area contributed by atoms with Crippen molar-refractivity contribution in [2.75, 3.05) is 24.8 Å². The summed E-state index contributed by atoms with van der Waals surface area (Å²) in [7, 11) is 2.86. The minimum Gasteiger partial charge on any atom is -0.492 e. The number of hydrogen-bond donors (Lipinski definition) is 3. The van der Waals surface area contributed by atoms with Gasteiger partial charge in [0.2, 0.25) is 0 Å². The van der Waals surface area contributed by atoms with Crippen LogP contribution in [0.15, 0.2) is 24.4 Å². The summed E-state index contributed by atoms with van der Waals surface area (Å²) < 4.78 is 33.5. The minimum absolute atomic E-state index is 0.00953. The molecule has 0 saturated heterocycles. The molecule has 0 fully saturated rings. The fraction of sp³-hybridized carbons (Fsp3) is 0.133. The van der Waals surface area contributed by atoms with E-state index in [1.807, 2.05) is 0 Å². The zero-order valence-corrected chi connectivity index (χ0v) is 13.2. The highest BCUT2D eigenvalue weighted by Gasteiger charge is 2.18. The van der Waals surface area contributed by atoms with Gasteiger partial charge in [0.25, 0.3) is 0 Å². The van der Waals surface area contributed by atoms with Crippen LogP contribution in [0.1, 0.15) is 10.4 Å². The van der Waals surface area contributed by atoms with Gasteiger partial charge in [-0.3, -0.25) is 0 Å². The molecule has 3 aromatic rings. The summed E-state index contributed by atoms with van der Waals surface area (Å²) in [5.74, 6) is -2.49. The van der Waals surface area contributed by atoms with Crippen LogP contribution in [0.2, 0.25) is 0 Å². The second kappa shape index (κ2) is 6.23. The van der Waals surface area contributed by atoms with Crippen molar-refractivity contribution in [3.63, 3.8) is 0 Å². The highest BCUT2D eigenvalue weighted by Crippen LogP contribution is 2.32. The number of nitrogens with one attached hydrogen (secondary N) is 2. The summed E-state index contributed by atoms with van der Waals surface area (Å²) in [4.78, 5) is 15.4. The Labute approximate surface area is 140 Å². The van der Waals surface area contributed by atoms with Gasteiger partial charge in [0.1, 0.15) is 23.0 Å². The first-order valence-electron chi connectivity index (χ1n) is 7.04. The van der Waals surface area contributed by atoms with E-state index in [0.29, 0.717) is 11.9 Å². The molecule has 0 radical (unpaired) electrons. The molecule has 0 amide bonds. The quantitative estimate of drug-likeness (QED) is 0.650. The zero-order valence-electron chi connectivity index (χ0n) is 13.2. The van der Waals surface area contributed by atoms with Crippen molar-refractivity contribution in [1.82, 2.24) is 14.6 Å². The molecule has 0 aliphatic carbocycles. The number of aromatic carboxylic acids is 1. The molecule has 3 N–H and O–H groups in total. The van der Waals surface area contributed by atoms with Crippen LogP contribution in [0.3, 0.4) is 0 Å². The summed E-state index contributed by atoms with van der Waals surface area (Å²) in [5, 5.41) is 18.8. The van der Waals surface area contributed by atoms with E-state index in [9.17, 15) is 18.7 Å². The van der Waals surface area contributed by atoms with Crippen LogP contribution in [0.4, 0.5) is 26.1 Å². The van der Waals surface area contributed by atoms with E-state index in [1.165, 1.54) is 17.7 Å². The number of aromatic nitrogens is 3. The van der Waals surface area contributed by atoms with Gasteiger partial charge < -0.3 is 20.5 Å². The lowest BCUT2D eigenvalue weighted by molar-refractivity contribution is 0.0699. The predicted molar refractivity (Wildman–Crippen MR) is 85.7 cm³/mol. The molecule has 2 aromatic heterocycles. The lowest BCUT2D eigenvalue weighted by atomic mass is 10.2. The Morgan fingerprint density at radius 3 is 2.72 bits per heavy atom. The molecule has 130 valence electrons. The Morgan fingerprint density at radius 2 is 2.08 bits per heavy atom. The third kappa shape index (κ3) is 2.89. The average Bonchev–Trinajstić information content (AvgIpc) is 2.97. The molecule has 0 aliphatic heterocycles. The third-order valence-electron chi connectivity index (χ3n) is 3.43. The van der Waals surface area contributed by atoms with E-state index in [-0.39, 0.29) is 28.5 Å². The fourth-order valence-corrected chi connectivity index (χ4v) is 2.35. The summed E-state index contributed by atoms with van der Waals surface area (Å²) >= 11 is 0. The molecule has 0 spiro atoms. The maximum absolute atomic E-state index is 13.8. The minimum atomic E-state index is -1.20. The van der Waals surface area contributed by atoms with E-state index < -0.39 is 17.6 Å². The maximum Gasteiger partial charge on any atom is 0.341 e. The summed E-state index contributed by atoms with van der Waals surface area (Å²) in [5.41, 5.74) is -0.0366. The van der Waals surface area contributed by atoms with Crippen molar-refractivity contribution >= 4 is 28.9 Å². The molecule has 10 heteroatoms. The SMILES string of the molecule is CNc1cc(Nc2cc(F)cc(F)c2OC)nc2c(C(=O)O)cnn12. The Kier molecular flexibility index (Phi) is 4.09. The second-order valence-corrected chi connectivity index (χ2v) is 4.97. The zero-order chi connectivity index (χ0) is 18.1. The molecule has 2 heterocycles. The van der Waals surface area contributed by atoms with Gasteiger partial charge in [-0.25, -0.2) is 18.6 Å². The number of fused-ring (bicyclic) bond motifs is 1. The highest BCUT2D eigenvalue weighted by atomic mass is 19.1. The number of halogens is 2. The standard InChI is InChI=1S/C15H13F2N5O3/c1-18-12-5-11(21-14-8(15(23)24)6-19-22(12)14)20-10-4-7(16)3-9(17)13(10)25-2/h3-6,18H,1-2H3,(H,20,21)(H,23,24). The topological polar surface area (TPSA) is 101 Å². The van der Waals surface area contributed by atoms with E-state index >= 15 is 0 Å². The van der Waals surface area contributed by atoms with Crippen LogP contribution < -0.4 is 15.4 Å². The lowest BCUT2D eigenvalue weighted by Crippen LogP contribution is -2.06. The van der Waals surface area contributed by atoms with E-state index in [0.717, 1.165) is 12.3 Å². The van der Waals surface area contributed by atoms with Crippen LogP contribution in [-0.2, 0) is 0 Å². The van der Waals surface area contributed by atoms with Gasteiger partial charge in [-0.05, 0) is 0 Å². The van der Waals surface area contributed by atoms with Gasteiger partial charge in [-0.2, -0.15) is 9.61 Å². The fourth-order valence-electron chi connectivity index (χ4n) is 2.35. The largest absolute Gasteiger partial charge is 0.492 e. The number of nitrogens with zero attached hydrogens (tertiary/aromatic N) is 3. The van der Waals surface area contributed by atoms with Gasteiger partial charge in [-0.15, -0.1) is 0 Å². The smallest absolute Gasteiger partial charge is 0.341 e. The molecule has 3 rings (SSSR count). The Hall–Kier alpha value is -3.43. The normalized spacial score (nSPS) is 10.7. The van der Waals surface area contributed by atoms with Gasteiger partial charge >= 0.3 is 5.97 Å². The number of benzene rings is 1. The molecule has 0 atom stereocenters. The average molecular weight is 349 g/mol. The van der Waals surface area contributed by atoms with E-state index in [4.69, 9.17) is 4.74 Å². The lowest BCUT2D eigenvalue weighted by Gasteiger charge is -2.13. The van der Waals surface area contributed by atoms with Crippen LogP contribution in [0.5, 0.6) is 5.75 Å². The molecule has 8 nitrogen and oxygen atoms in total.